The van der Waals surface area contributed by atoms with Gasteiger partial charge in [0.05, 0.1) is 11.9 Å². The summed E-state index contributed by atoms with van der Waals surface area (Å²) in [6.45, 7) is 12.0. The largest absolute Gasteiger partial charge is 0.158 e. The van der Waals surface area contributed by atoms with Crippen LogP contribution in [0.15, 0.2) is 97.2 Å². The van der Waals surface area contributed by atoms with E-state index in [0.29, 0.717) is 0 Å². The van der Waals surface area contributed by atoms with Crippen LogP contribution in [-0.4, -0.2) is 10.2 Å². The molecule has 0 spiro atoms. The van der Waals surface area contributed by atoms with Crippen LogP contribution in [0, 0.1) is 0 Å². The summed E-state index contributed by atoms with van der Waals surface area (Å²) in [5.74, 6) is 0. The number of hydrogen-bond donors (Lipinski definition) is 0. The van der Waals surface area contributed by atoms with E-state index in [1.54, 1.807) is 0 Å². The maximum Gasteiger partial charge on any atom is 0.0935 e. The molecule has 0 bridgehead atoms. The van der Waals surface area contributed by atoms with Crippen molar-refractivity contribution >= 4 is 0 Å². The van der Waals surface area contributed by atoms with E-state index in [2.05, 4.69) is 64.8 Å². The Bertz CT molecular complexity index is 867. The van der Waals surface area contributed by atoms with Gasteiger partial charge < -0.3 is 0 Å². The van der Waals surface area contributed by atoms with Crippen LogP contribution in [0.4, 0.5) is 0 Å². The van der Waals surface area contributed by atoms with Crippen LogP contribution in [0.3, 0.4) is 0 Å². The average Bonchev–Trinajstić information content (AvgIpc) is 2.89. The minimum atomic E-state index is 0.887. The zero-order valence-corrected chi connectivity index (χ0v) is 19.1. The van der Waals surface area contributed by atoms with E-state index in [9.17, 15) is 0 Å². The summed E-state index contributed by atoms with van der Waals surface area (Å²) in [5, 5.41) is 8.46. The lowest BCUT2D eigenvalue weighted by molar-refractivity contribution is 1.04. The summed E-state index contributed by atoms with van der Waals surface area (Å²) in [6.07, 6.45) is 1.82. The molecule has 0 aliphatic rings. The highest BCUT2D eigenvalue weighted by Crippen LogP contribution is 2.27. The maximum atomic E-state index is 4.27. The Kier molecular flexibility index (Phi) is 12.1. The Morgan fingerprint density at radius 1 is 0.433 bits per heavy atom. The SMILES string of the molecule is CC.CC.CC.c1ccc(-c2cccc(-c3cnnc(-c4ccccc4)c3)c2)cc1. The van der Waals surface area contributed by atoms with Crippen molar-refractivity contribution in [3.05, 3.63) is 97.2 Å². The molecule has 0 amide bonds. The van der Waals surface area contributed by atoms with Crippen molar-refractivity contribution in [1.82, 2.24) is 10.2 Å². The quantitative estimate of drug-likeness (QED) is 0.345. The number of hydrogen-bond acceptors (Lipinski definition) is 2. The van der Waals surface area contributed by atoms with E-state index in [0.717, 1.165) is 22.4 Å². The van der Waals surface area contributed by atoms with Crippen molar-refractivity contribution in [2.24, 2.45) is 0 Å². The van der Waals surface area contributed by atoms with Gasteiger partial charge in [-0.2, -0.15) is 10.2 Å². The molecule has 30 heavy (non-hydrogen) atoms. The van der Waals surface area contributed by atoms with Crippen molar-refractivity contribution in [1.29, 1.82) is 0 Å². The zero-order valence-electron chi connectivity index (χ0n) is 19.1. The minimum Gasteiger partial charge on any atom is -0.158 e. The fourth-order valence-electron chi connectivity index (χ4n) is 2.78. The molecular formula is C28H34N2. The summed E-state index contributed by atoms with van der Waals surface area (Å²) in [4.78, 5) is 0. The molecule has 0 saturated heterocycles. The normalized spacial score (nSPS) is 9.00. The third kappa shape index (κ3) is 6.97. The number of aromatic nitrogens is 2. The minimum absolute atomic E-state index is 0.887. The summed E-state index contributed by atoms with van der Waals surface area (Å²) >= 11 is 0. The molecule has 0 radical (unpaired) electrons. The fraction of sp³-hybridized carbons (Fsp3) is 0.214. The van der Waals surface area contributed by atoms with E-state index >= 15 is 0 Å². The van der Waals surface area contributed by atoms with Crippen molar-refractivity contribution in [3.8, 4) is 33.5 Å². The summed E-state index contributed by atoms with van der Waals surface area (Å²) < 4.78 is 0. The lowest BCUT2D eigenvalue weighted by Gasteiger charge is -2.07. The third-order valence-electron chi connectivity index (χ3n) is 4.03. The maximum absolute atomic E-state index is 4.27. The molecule has 2 nitrogen and oxygen atoms in total. The lowest BCUT2D eigenvalue weighted by Crippen LogP contribution is -1.89. The predicted octanol–water partition coefficient (Wildman–Crippen LogP) is 8.56. The van der Waals surface area contributed by atoms with E-state index < -0.39 is 0 Å². The second-order valence-electron chi connectivity index (χ2n) is 5.64. The van der Waals surface area contributed by atoms with E-state index in [4.69, 9.17) is 0 Å². The van der Waals surface area contributed by atoms with Crippen molar-refractivity contribution < 1.29 is 0 Å². The van der Waals surface area contributed by atoms with Gasteiger partial charge in [-0.05, 0) is 28.8 Å². The van der Waals surface area contributed by atoms with Gasteiger partial charge in [0.2, 0.25) is 0 Å². The monoisotopic (exact) mass is 398 g/mol. The lowest BCUT2D eigenvalue weighted by atomic mass is 9.99. The molecule has 4 rings (SSSR count). The zero-order chi connectivity index (χ0) is 22.2. The van der Waals surface area contributed by atoms with Gasteiger partial charge in [-0.15, -0.1) is 0 Å². The molecule has 0 unspecified atom stereocenters. The average molecular weight is 399 g/mol. The van der Waals surface area contributed by atoms with Gasteiger partial charge in [-0.1, -0.05) is 120 Å². The number of nitrogens with zero attached hydrogens (tertiary/aromatic N) is 2. The summed E-state index contributed by atoms with van der Waals surface area (Å²) in [7, 11) is 0. The molecule has 0 N–H and O–H groups in total. The number of rotatable bonds is 3. The Morgan fingerprint density at radius 3 is 1.47 bits per heavy atom. The predicted molar refractivity (Wildman–Crippen MR) is 132 cm³/mol. The van der Waals surface area contributed by atoms with Gasteiger partial charge in [0, 0.05) is 11.1 Å². The molecule has 1 heterocycles. The first-order chi connectivity index (χ1) is 14.9. The highest BCUT2D eigenvalue weighted by atomic mass is 15.1. The molecule has 2 heteroatoms. The van der Waals surface area contributed by atoms with Crippen molar-refractivity contribution in [2.45, 2.75) is 41.5 Å². The fourth-order valence-corrected chi connectivity index (χ4v) is 2.78. The highest BCUT2D eigenvalue weighted by molar-refractivity contribution is 5.74. The summed E-state index contributed by atoms with van der Waals surface area (Å²) in [6, 6.07) is 31.1. The van der Waals surface area contributed by atoms with Crippen LogP contribution < -0.4 is 0 Å². The smallest absolute Gasteiger partial charge is 0.0935 e. The summed E-state index contributed by atoms with van der Waals surface area (Å²) in [5.41, 5.74) is 6.59. The van der Waals surface area contributed by atoms with Gasteiger partial charge >= 0.3 is 0 Å². The van der Waals surface area contributed by atoms with E-state index in [1.165, 1.54) is 11.1 Å². The Labute approximate surface area is 182 Å². The van der Waals surface area contributed by atoms with E-state index in [1.807, 2.05) is 84.1 Å². The van der Waals surface area contributed by atoms with Crippen LogP contribution in [0.1, 0.15) is 41.5 Å². The Morgan fingerprint density at radius 2 is 0.900 bits per heavy atom. The van der Waals surface area contributed by atoms with Crippen LogP contribution in [0.5, 0.6) is 0 Å². The second kappa shape index (κ2) is 14.7. The van der Waals surface area contributed by atoms with E-state index in [-0.39, 0.29) is 0 Å². The van der Waals surface area contributed by atoms with Gasteiger partial charge in [0.15, 0.2) is 0 Å². The van der Waals surface area contributed by atoms with Crippen LogP contribution in [0.2, 0.25) is 0 Å². The third-order valence-corrected chi connectivity index (χ3v) is 4.03. The molecule has 0 aliphatic heterocycles. The first-order valence-corrected chi connectivity index (χ1v) is 10.9. The Balaban J connectivity index is 0.000000691. The van der Waals surface area contributed by atoms with Crippen LogP contribution >= 0.6 is 0 Å². The molecule has 0 saturated carbocycles. The van der Waals surface area contributed by atoms with Crippen LogP contribution in [0.25, 0.3) is 33.5 Å². The topological polar surface area (TPSA) is 25.8 Å². The molecule has 0 atom stereocenters. The van der Waals surface area contributed by atoms with Gasteiger partial charge in [-0.3, -0.25) is 0 Å². The van der Waals surface area contributed by atoms with Crippen molar-refractivity contribution in [3.63, 3.8) is 0 Å². The van der Waals surface area contributed by atoms with Crippen LogP contribution in [-0.2, 0) is 0 Å². The molecule has 4 aromatic rings. The first-order valence-electron chi connectivity index (χ1n) is 10.9. The standard InChI is InChI=1S/C22H16N2.3C2H6/c1-3-8-17(9-4-1)19-12-7-13-20(14-19)21-15-22(24-23-16-21)18-10-5-2-6-11-18;3*1-2/h1-16H;3*1-2H3. The van der Waals surface area contributed by atoms with Gasteiger partial charge in [-0.25, -0.2) is 0 Å². The molecule has 3 aromatic carbocycles. The Hall–Kier alpha value is -3.26. The molecule has 1 aromatic heterocycles. The highest BCUT2D eigenvalue weighted by Gasteiger charge is 2.05. The van der Waals surface area contributed by atoms with Gasteiger partial charge in [0.1, 0.15) is 0 Å². The molecule has 0 fully saturated rings. The molecule has 156 valence electrons. The molecular weight excluding hydrogens is 364 g/mol. The van der Waals surface area contributed by atoms with Crippen molar-refractivity contribution in [2.75, 3.05) is 0 Å². The number of benzene rings is 3. The molecule has 0 aliphatic carbocycles. The van der Waals surface area contributed by atoms with Gasteiger partial charge in [0.25, 0.3) is 0 Å². The second-order valence-corrected chi connectivity index (χ2v) is 5.64. The first kappa shape index (κ1) is 24.8.